The van der Waals surface area contributed by atoms with Crippen LogP contribution in [0.15, 0.2) is 24.5 Å². The van der Waals surface area contributed by atoms with E-state index in [9.17, 15) is 0 Å². The molecule has 0 fully saturated rings. The Hall–Kier alpha value is -0.503. The molecule has 0 aromatic carbocycles. The first-order valence-corrected chi connectivity index (χ1v) is 8.68. The molecule has 0 saturated carbocycles. The van der Waals surface area contributed by atoms with E-state index >= 15 is 0 Å². The van der Waals surface area contributed by atoms with Gasteiger partial charge in [-0.1, -0.05) is 19.9 Å². The predicted octanol–water partition coefficient (Wildman–Crippen LogP) is 3.95. The molecular formula is C12H22OSi. The molecule has 0 aliphatic heterocycles. The third-order valence-electron chi connectivity index (χ3n) is 2.59. The Morgan fingerprint density at radius 1 is 1.50 bits per heavy atom. The Labute approximate surface area is 89.0 Å². The van der Waals surface area contributed by atoms with Gasteiger partial charge in [0, 0.05) is 12.3 Å². The van der Waals surface area contributed by atoms with Crippen molar-refractivity contribution in [1.29, 1.82) is 0 Å². The molecule has 1 atom stereocenters. The van der Waals surface area contributed by atoms with E-state index in [0.717, 1.165) is 6.42 Å². The van der Waals surface area contributed by atoms with Gasteiger partial charge in [-0.25, -0.2) is 0 Å². The van der Waals surface area contributed by atoms with E-state index in [0.29, 0.717) is 5.92 Å². The molecule has 0 saturated heterocycles. The molecule has 1 unspecified atom stereocenters. The van der Waals surface area contributed by atoms with Gasteiger partial charge in [-0.15, -0.1) is 6.58 Å². The van der Waals surface area contributed by atoms with Crippen LogP contribution >= 0.6 is 0 Å². The van der Waals surface area contributed by atoms with Crippen molar-refractivity contribution in [3.63, 3.8) is 0 Å². The minimum Gasteiger partial charge on any atom is -0.548 e. The van der Waals surface area contributed by atoms with Gasteiger partial charge in [0.15, 0.2) is 0 Å². The summed E-state index contributed by atoms with van der Waals surface area (Å²) in [5, 5.41) is 0. The third kappa shape index (κ3) is 2.74. The summed E-state index contributed by atoms with van der Waals surface area (Å²) in [7, 11) is -1.43. The van der Waals surface area contributed by atoms with E-state index in [-0.39, 0.29) is 5.41 Å². The first-order chi connectivity index (χ1) is 6.24. The summed E-state index contributed by atoms with van der Waals surface area (Å²) in [5.41, 5.74) is 0.288. The lowest BCUT2D eigenvalue weighted by Gasteiger charge is -2.25. The molecule has 1 nitrogen and oxygen atoms in total. The molecule has 14 heavy (non-hydrogen) atoms. The summed E-state index contributed by atoms with van der Waals surface area (Å²) < 4.78 is 6.02. The lowest BCUT2D eigenvalue weighted by atomic mass is 9.81. The topological polar surface area (TPSA) is 9.23 Å². The number of hydrogen-bond donors (Lipinski definition) is 0. The molecule has 0 aromatic heterocycles. The highest BCUT2D eigenvalue weighted by molar-refractivity contribution is 6.70. The fraction of sp³-hybridized carbons (Fsp3) is 0.667. The van der Waals surface area contributed by atoms with Crippen LogP contribution < -0.4 is 0 Å². The molecule has 0 amide bonds. The highest BCUT2D eigenvalue weighted by Gasteiger charge is 2.35. The van der Waals surface area contributed by atoms with Crippen molar-refractivity contribution in [2.24, 2.45) is 11.3 Å². The van der Waals surface area contributed by atoms with Crippen molar-refractivity contribution in [2.45, 2.75) is 39.9 Å². The maximum atomic E-state index is 6.02. The van der Waals surface area contributed by atoms with Gasteiger partial charge in [0.1, 0.15) is 0 Å². The van der Waals surface area contributed by atoms with E-state index in [2.05, 4.69) is 46.1 Å². The molecule has 0 aromatic rings. The molecule has 80 valence electrons. The van der Waals surface area contributed by atoms with Crippen LogP contribution in [0, 0.1) is 11.3 Å². The molecule has 0 spiro atoms. The van der Waals surface area contributed by atoms with Crippen LogP contribution in [0.2, 0.25) is 19.6 Å². The summed E-state index contributed by atoms with van der Waals surface area (Å²) >= 11 is 0. The van der Waals surface area contributed by atoms with E-state index in [1.54, 1.807) is 0 Å². The molecule has 0 N–H and O–H groups in total. The van der Waals surface area contributed by atoms with Crippen molar-refractivity contribution < 1.29 is 4.43 Å². The van der Waals surface area contributed by atoms with E-state index in [1.807, 2.05) is 6.08 Å². The molecule has 0 radical (unpaired) electrons. The van der Waals surface area contributed by atoms with Gasteiger partial charge in [0.05, 0.1) is 5.76 Å². The minimum atomic E-state index is -1.43. The summed E-state index contributed by atoms with van der Waals surface area (Å²) in [5.74, 6) is 1.65. The first-order valence-electron chi connectivity index (χ1n) is 5.27. The zero-order chi connectivity index (χ0) is 11.0. The summed E-state index contributed by atoms with van der Waals surface area (Å²) in [6.07, 6.45) is 5.32. The van der Waals surface area contributed by atoms with Crippen molar-refractivity contribution in [2.75, 3.05) is 0 Å². The monoisotopic (exact) mass is 210 g/mol. The molecule has 0 bridgehead atoms. The van der Waals surface area contributed by atoms with Crippen LogP contribution in [-0.4, -0.2) is 8.32 Å². The third-order valence-corrected chi connectivity index (χ3v) is 3.46. The zero-order valence-electron chi connectivity index (χ0n) is 10.1. The van der Waals surface area contributed by atoms with Crippen molar-refractivity contribution >= 4 is 8.32 Å². The maximum Gasteiger partial charge on any atom is 0.241 e. The van der Waals surface area contributed by atoms with Crippen LogP contribution in [0.4, 0.5) is 0 Å². The Kier molecular flexibility index (Phi) is 2.95. The van der Waals surface area contributed by atoms with Gasteiger partial charge in [0.25, 0.3) is 0 Å². The lowest BCUT2D eigenvalue weighted by Crippen LogP contribution is -2.25. The van der Waals surface area contributed by atoms with Crippen LogP contribution in [0.25, 0.3) is 0 Å². The summed E-state index contributed by atoms with van der Waals surface area (Å²) in [6.45, 7) is 15.1. The molecule has 2 heteroatoms. The van der Waals surface area contributed by atoms with Gasteiger partial charge >= 0.3 is 0 Å². The second-order valence-corrected chi connectivity index (χ2v) is 10.2. The average Bonchev–Trinajstić information content (AvgIpc) is 2.20. The minimum absolute atomic E-state index is 0.288. The van der Waals surface area contributed by atoms with Crippen molar-refractivity contribution in [3.05, 3.63) is 24.5 Å². The smallest absolute Gasteiger partial charge is 0.241 e. The van der Waals surface area contributed by atoms with E-state index in [1.165, 1.54) is 5.76 Å². The molecular weight excluding hydrogens is 188 g/mol. The maximum absolute atomic E-state index is 6.02. The number of hydrogen-bond acceptors (Lipinski definition) is 1. The second-order valence-electron chi connectivity index (χ2n) is 5.77. The van der Waals surface area contributed by atoms with Crippen molar-refractivity contribution in [1.82, 2.24) is 0 Å². The highest BCUT2D eigenvalue weighted by Crippen LogP contribution is 2.43. The van der Waals surface area contributed by atoms with Crippen LogP contribution in [0.3, 0.4) is 0 Å². The fourth-order valence-electron chi connectivity index (χ4n) is 1.90. The largest absolute Gasteiger partial charge is 0.548 e. The van der Waals surface area contributed by atoms with Crippen molar-refractivity contribution in [3.8, 4) is 0 Å². The summed E-state index contributed by atoms with van der Waals surface area (Å²) in [4.78, 5) is 0. The fourth-order valence-corrected chi connectivity index (χ4v) is 2.83. The molecule has 1 aliphatic carbocycles. The van der Waals surface area contributed by atoms with Crippen LogP contribution in [-0.2, 0) is 4.43 Å². The van der Waals surface area contributed by atoms with Gasteiger partial charge in [-0.2, -0.15) is 0 Å². The predicted molar refractivity (Wildman–Crippen MR) is 64.6 cm³/mol. The van der Waals surface area contributed by atoms with Crippen LogP contribution in [0.5, 0.6) is 0 Å². The lowest BCUT2D eigenvalue weighted by molar-refractivity contribution is 0.293. The van der Waals surface area contributed by atoms with E-state index in [4.69, 9.17) is 4.43 Å². The Balaban J connectivity index is 2.72. The number of rotatable bonds is 3. The summed E-state index contributed by atoms with van der Waals surface area (Å²) in [6, 6.07) is 0. The molecule has 0 heterocycles. The first kappa shape index (κ1) is 11.6. The number of allylic oxidation sites excluding steroid dienone is 3. The Bertz CT molecular complexity index is 258. The quantitative estimate of drug-likeness (QED) is 0.506. The van der Waals surface area contributed by atoms with Gasteiger partial charge in [0.2, 0.25) is 8.32 Å². The Morgan fingerprint density at radius 2 is 2.07 bits per heavy atom. The second kappa shape index (κ2) is 3.57. The highest BCUT2D eigenvalue weighted by atomic mass is 28.4. The Morgan fingerprint density at radius 3 is 2.43 bits per heavy atom. The van der Waals surface area contributed by atoms with Crippen LogP contribution in [0.1, 0.15) is 20.3 Å². The average molecular weight is 210 g/mol. The normalized spacial score (nSPS) is 25.8. The zero-order valence-corrected chi connectivity index (χ0v) is 11.1. The van der Waals surface area contributed by atoms with E-state index < -0.39 is 8.32 Å². The standard InChI is InChI=1S/C12H22OSi/c1-7-10-8-11(9-12(10,2)3)13-14(4,5)6/h7-8,10H,1,9H2,2-6H3. The van der Waals surface area contributed by atoms with Gasteiger partial charge in [-0.05, 0) is 31.1 Å². The van der Waals surface area contributed by atoms with Gasteiger partial charge in [-0.3, -0.25) is 0 Å². The molecule has 1 aliphatic rings. The SMILES string of the molecule is C=CC1C=C(O[Si](C)(C)C)CC1(C)C. The van der Waals surface area contributed by atoms with Gasteiger partial charge < -0.3 is 4.43 Å². The molecule has 1 rings (SSSR count).